The number of hydrogen-bond donors (Lipinski definition) is 1. The highest BCUT2D eigenvalue weighted by molar-refractivity contribution is 6.04. The fraction of sp³-hybridized carbons (Fsp3) is 0.0769. The van der Waals surface area contributed by atoms with Gasteiger partial charge in [-0.2, -0.15) is 0 Å². The van der Waals surface area contributed by atoms with E-state index < -0.39 is 32.1 Å². The number of benzene rings is 1. The van der Waals surface area contributed by atoms with Crippen LogP contribution in [0, 0.1) is 37.3 Å². The lowest BCUT2D eigenvalue weighted by Gasteiger charge is -2.06. The van der Waals surface area contributed by atoms with Gasteiger partial charge in [-0.3, -0.25) is 35.1 Å². The number of rotatable bonds is 5. The van der Waals surface area contributed by atoms with Crippen LogP contribution in [0.15, 0.2) is 30.5 Å². The molecule has 1 aromatic carbocycles. The Morgan fingerprint density at radius 3 is 1.96 bits per heavy atom. The number of nitrogens with zero attached hydrogens (tertiary/aromatic N) is 4. The average molecular weight is 347 g/mol. The molecule has 128 valence electrons. The van der Waals surface area contributed by atoms with E-state index in [9.17, 15) is 35.1 Å². The molecular formula is C13H9N5O7. The molecule has 0 saturated heterocycles. The van der Waals surface area contributed by atoms with Crippen LogP contribution in [0.1, 0.15) is 15.9 Å². The quantitative estimate of drug-likeness (QED) is 0.634. The molecule has 12 nitrogen and oxygen atoms in total. The van der Waals surface area contributed by atoms with E-state index in [0.29, 0.717) is 0 Å². The topological polar surface area (TPSA) is 171 Å². The van der Waals surface area contributed by atoms with Crippen LogP contribution >= 0.6 is 0 Å². The number of nitrogens with one attached hydrogen (secondary N) is 1. The van der Waals surface area contributed by atoms with Gasteiger partial charge in [0.15, 0.2) is 0 Å². The minimum Gasteiger partial charge on any atom is -0.307 e. The summed E-state index contributed by atoms with van der Waals surface area (Å²) < 4.78 is 0. The first kappa shape index (κ1) is 17.4. The number of anilines is 1. The number of pyridine rings is 1. The molecule has 1 heterocycles. The number of hydrogen-bond acceptors (Lipinski definition) is 8. The summed E-state index contributed by atoms with van der Waals surface area (Å²) in [5.41, 5.74) is -1.57. The van der Waals surface area contributed by atoms with Gasteiger partial charge in [-0.05, 0) is 13.0 Å². The van der Waals surface area contributed by atoms with Gasteiger partial charge in [-0.25, -0.2) is 4.98 Å². The molecule has 1 N–H and O–H groups in total. The number of aryl methyl sites for hydroxylation is 1. The van der Waals surface area contributed by atoms with Gasteiger partial charge in [-0.15, -0.1) is 0 Å². The highest BCUT2D eigenvalue weighted by Crippen LogP contribution is 2.24. The zero-order chi connectivity index (χ0) is 18.7. The maximum atomic E-state index is 12.2. The third kappa shape index (κ3) is 3.87. The second-order valence-electron chi connectivity index (χ2n) is 4.82. The van der Waals surface area contributed by atoms with Crippen LogP contribution in [0.4, 0.5) is 22.9 Å². The monoisotopic (exact) mass is 347 g/mol. The molecule has 1 aromatic heterocycles. The molecule has 0 aliphatic carbocycles. The second-order valence-corrected chi connectivity index (χ2v) is 4.82. The van der Waals surface area contributed by atoms with E-state index in [2.05, 4.69) is 10.3 Å². The Bertz CT molecular complexity index is 879. The third-order valence-corrected chi connectivity index (χ3v) is 3.11. The number of aromatic nitrogens is 1. The molecule has 2 aromatic rings. The van der Waals surface area contributed by atoms with Crippen molar-refractivity contribution in [1.29, 1.82) is 0 Å². The highest BCUT2D eigenvalue weighted by atomic mass is 16.6. The SMILES string of the molecule is Cc1cc(NC(=O)c2cc([N+](=O)[O-])cc([N+](=O)[O-])c2)ncc1[N+](=O)[O-]. The molecule has 0 fully saturated rings. The zero-order valence-electron chi connectivity index (χ0n) is 12.5. The Morgan fingerprint density at radius 2 is 1.52 bits per heavy atom. The van der Waals surface area contributed by atoms with Crippen LogP contribution < -0.4 is 5.32 Å². The molecule has 25 heavy (non-hydrogen) atoms. The molecule has 0 bridgehead atoms. The van der Waals surface area contributed by atoms with E-state index in [0.717, 1.165) is 24.4 Å². The molecule has 0 atom stereocenters. The lowest BCUT2D eigenvalue weighted by Crippen LogP contribution is -2.14. The molecule has 0 aliphatic heterocycles. The molecule has 0 spiro atoms. The van der Waals surface area contributed by atoms with E-state index >= 15 is 0 Å². The van der Waals surface area contributed by atoms with Gasteiger partial charge in [0.25, 0.3) is 23.0 Å². The lowest BCUT2D eigenvalue weighted by molar-refractivity contribution is -0.394. The smallest absolute Gasteiger partial charge is 0.290 e. The van der Waals surface area contributed by atoms with Gasteiger partial charge in [0.05, 0.1) is 26.4 Å². The Hall–Kier alpha value is -3.96. The first-order valence-corrected chi connectivity index (χ1v) is 6.55. The number of nitro benzene ring substituents is 2. The molecule has 12 heteroatoms. The number of amides is 1. The van der Waals surface area contributed by atoms with Crippen LogP contribution in [0.5, 0.6) is 0 Å². The summed E-state index contributed by atoms with van der Waals surface area (Å²) in [7, 11) is 0. The van der Waals surface area contributed by atoms with Crippen molar-refractivity contribution in [3.05, 3.63) is 71.9 Å². The summed E-state index contributed by atoms with van der Waals surface area (Å²) in [6, 6.07) is 3.72. The van der Waals surface area contributed by atoms with E-state index in [1.54, 1.807) is 0 Å². The molecule has 0 aliphatic rings. The van der Waals surface area contributed by atoms with Crippen molar-refractivity contribution in [1.82, 2.24) is 4.98 Å². The number of carbonyl (C=O) groups excluding carboxylic acids is 1. The van der Waals surface area contributed by atoms with Crippen molar-refractivity contribution in [3.63, 3.8) is 0 Å². The predicted octanol–water partition coefficient (Wildman–Crippen LogP) is 2.37. The fourth-order valence-corrected chi connectivity index (χ4v) is 1.93. The second kappa shape index (κ2) is 6.66. The summed E-state index contributed by atoms with van der Waals surface area (Å²) in [6.45, 7) is 1.44. The summed E-state index contributed by atoms with van der Waals surface area (Å²) in [5.74, 6) is -0.921. The fourth-order valence-electron chi connectivity index (χ4n) is 1.93. The van der Waals surface area contributed by atoms with Crippen molar-refractivity contribution in [3.8, 4) is 0 Å². The van der Waals surface area contributed by atoms with Crippen molar-refractivity contribution in [2.75, 3.05) is 5.32 Å². The van der Waals surface area contributed by atoms with Crippen LogP contribution in [0.2, 0.25) is 0 Å². The summed E-state index contributed by atoms with van der Waals surface area (Å²) in [6.07, 6.45) is 0.945. The highest BCUT2D eigenvalue weighted by Gasteiger charge is 2.20. The van der Waals surface area contributed by atoms with E-state index in [-0.39, 0.29) is 22.6 Å². The van der Waals surface area contributed by atoms with Gasteiger partial charge in [0.1, 0.15) is 12.0 Å². The molecule has 0 saturated carbocycles. The maximum absolute atomic E-state index is 12.2. The van der Waals surface area contributed by atoms with Crippen LogP contribution in [0.25, 0.3) is 0 Å². The van der Waals surface area contributed by atoms with Gasteiger partial charge in [0, 0.05) is 17.7 Å². The van der Waals surface area contributed by atoms with E-state index in [1.165, 1.54) is 13.0 Å². The number of carbonyl (C=O) groups is 1. The van der Waals surface area contributed by atoms with Gasteiger partial charge in [0.2, 0.25) is 0 Å². The molecule has 2 rings (SSSR count). The number of non-ortho nitro benzene ring substituents is 2. The predicted molar refractivity (Wildman–Crippen MR) is 83.3 cm³/mol. The summed E-state index contributed by atoms with van der Waals surface area (Å²) >= 11 is 0. The van der Waals surface area contributed by atoms with Crippen molar-refractivity contribution < 1.29 is 19.6 Å². The molecule has 0 radical (unpaired) electrons. The van der Waals surface area contributed by atoms with E-state index in [4.69, 9.17) is 0 Å². The standard InChI is InChI=1S/C13H9N5O7/c1-7-2-12(14-6-11(7)18(24)25)15-13(19)8-3-9(16(20)21)5-10(4-8)17(22)23/h2-6H,1H3,(H,14,15,19). The minimum atomic E-state index is -0.882. The average Bonchev–Trinajstić information content (AvgIpc) is 2.53. The van der Waals surface area contributed by atoms with Crippen molar-refractivity contribution in [2.24, 2.45) is 0 Å². The largest absolute Gasteiger partial charge is 0.307 e. The zero-order valence-corrected chi connectivity index (χ0v) is 12.5. The van der Waals surface area contributed by atoms with E-state index in [1.807, 2.05) is 0 Å². The summed E-state index contributed by atoms with van der Waals surface area (Å²) in [4.78, 5) is 45.9. The minimum absolute atomic E-state index is 0.0396. The van der Waals surface area contributed by atoms with Crippen molar-refractivity contribution in [2.45, 2.75) is 6.92 Å². The first-order chi connectivity index (χ1) is 11.7. The summed E-state index contributed by atoms with van der Waals surface area (Å²) in [5, 5.41) is 34.7. The molecule has 1 amide bonds. The Morgan fingerprint density at radius 1 is 0.960 bits per heavy atom. The number of nitro groups is 3. The normalized spacial score (nSPS) is 10.1. The molecule has 0 unspecified atom stereocenters. The lowest BCUT2D eigenvalue weighted by atomic mass is 10.1. The Balaban J connectivity index is 2.35. The Labute approximate surface area is 138 Å². The molecular weight excluding hydrogens is 338 g/mol. The van der Waals surface area contributed by atoms with Gasteiger partial charge < -0.3 is 5.32 Å². The maximum Gasteiger partial charge on any atom is 0.290 e. The van der Waals surface area contributed by atoms with Gasteiger partial charge in [-0.1, -0.05) is 0 Å². The Kier molecular flexibility index (Phi) is 4.63. The van der Waals surface area contributed by atoms with Crippen molar-refractivity contribution >= 4 is 28.8 Å². The van der Waals surface area contributed by atoms with Crippen LogP contribution in [-0.4, -0.2) is 25.7 Å². The first-order valence-electron chi connectivity index (χ1n) is 6.55. The third-order valence-electron chi connectivity index (χ3n) is 3.11. The van der Waals surface area contributed by atoms with Crippen LogP contribution in [-0.2, 0) is 0 Å². The van der Waals surface area contributed by atoms with Gasteiger partial charge >= 0.3 is 0 Å². The van der Waals surface area contributed by atoms with Crippen LogP contribution in [0.3, 0.4) is 0 Å².